The van der Waals surface area contributed by atoms with Crippen molar-refractivity contribution < 1.29 is 13.2 Å². The summed E-state index contributed by atoms with van der Waals surface area (Å²) in [5.74, 6) is -0.0853. The van der Waals surface area contributed by atoms with Gasteiger partial charge in [-0.15, -0.1) is 11.3 Å². The molecule has 1 saturated heterocycles. The fraction of sp³-hybridized carbons (Fsp3) is 0.381. The Morgan fingerprint density at radius 1 is 1.00 bits per heavy atom. The number of benzene rings is 1. The molecule has 6 nitrogen and oxygen atoms in total. The van der Waals surface area contributed by atoms with Gasteiger partial charge in [0.15, 0.2) is 0 Å². The minimum absolute atomic E-state index is 0.0853. The minimum Gasteiger partial charge on any atom is -0.351 e. The number of hydrogen-bond donors (Lipinski definition) is 1. The van der Waals surface area contributed by atoms with Crippen LogP contribution < -0.4 is 0 Å². The Morgan fingerprint density at radius 2 is 1.69 bits per heavy atom. The molecule has 0 spiro atoms. The van der Waals surface area contributed by atoms with Crippen LogP contribution in [0.15, 0.2) is 29.2 Å². The second-order valence-corrected chi connectivity index (χ2v) is 11.1. The Labute approximate surface area is 175 Å². The maximum atomic E-state index is 13.0. The van der Waals surface area contributed by atoms with Crippen molar-refractivity contribution in [3.63, 3.8) is 0 Å². The normalized spacial score (nSPS) is 15.9. The van der Waals surface area contributed by atoms with Crippen molar-refractivity contribution in [1.82, 2.24) is 14.2 Å². The lowest BCUT2D eigenvalue weighted by atomic mass is 10.1. The zero-order valence-corrected chi connectivity index (χ0v) is 18.7. The molecule has 1 aromatic carbocycles. The van der Waals surface area contributed by atoms with Gasteiger partial charge in [0.25, 0.3) is 5.91 Å². The molecule has 3 heterocycles. The molecule has 0 radical (unpaired) electrons. The van der Waals surface area contributed by atoms with Crippen LogP contribution >= 0.6 is 11.3 Å². The Morgan fingerprint density at radius 3 is 2.31 bits per heavy atom. The van der Waals surface area contributed by atoms with Crippen molar-refractivity contribution in [2.75, 3.05) is 26.2 Å². The maximum Gasteiger partial charge on any atom is 0.270 e. The first-order chi connectivity index (χ1) is 13.7. The van der Waals surface area contributed by atoms with Crippen molar-refractivity contribution in [1.29, 1.82) is 0 Å². The second-order valence-electron chi connectivity index (χ2n) is 7.70. The monoisotopic (exact) mass is 431 g/mol. The Hall–Kier alpha value is -2.16. The van der Waals surface area contributed by atoms with Gasteiger partial charge >= 0.3 is 0 Å². The van der Waals surface area contributed by atoms with Gasteiger partial charge in [-0.1, -0.05) is 6.07 Å². The number of amides is 1. The maximum absolute atomic E-state index is 13.0. The molecule has 0 atom stereocenters. The van der Waals surface area contributed by atoms with E-state index in [9.17, 15) is 13.2 Å². The molecule has 8 heteroatoms. The fourth-order valence-electron chi connectivity index (χ4n) is 4.02. The van der Waals surface area contributed by atoms with Gasteiger partial charge in [0, 0.05) is 46.8 Å². The number of aromatic nitrogens is 1. The predicted molar refractivity (Wildman–Crippen MR) is 116 cm³/mol. The number of thiophene rings is 1. The first-order valence-corrected chi connectivity index (χ1v) is 11.9. The number of carbonyl (C=O) groups is 1. The lowest BCUT2D eigenvalue weighted by molar-refractivity contribution is 0.0693. The third-order valence-electron chi connectivity index (χ3n) is 5.46. The summed E-state index contributed by atoms with van der Waals surface area (Å²) in [6.45, 7) is 9.20. The number of nitrogens with zero attached hydrogens (tertiary/aromatic N) is 2. The van der Waals surface area contributed by atoms with E-state index in [1.165, 1.54) is 15.6 Å². The van der Waals surface area contributed by atoms with Gasteiger partial charge in [0.05, 0.1) is 4.90 Å². The summed E-state index contributed by atoms with van der Waals surface area (Å²) >= 11 is 1.49. The van der Waals surface area contributed by atoms with Crippen molar-refractivity contribution in [2.45, 2.75) is 32.6 Å². The molecule has 29 heavy (non-hydrogen) atoms. The van der Waals surface area contributed by atoms with Gasteiger partial charge in [0.1, 0.15) is 5.69 Å². The summed E-state index contributed by atoms with van der Waals surface area (Å²) < 4.78 is 27.4. The average molecular weight is 432 g/mol. The molecule has 0 saturated carbocycles. The highest BCUT2D eigenvalue weighted by Gasteiger charge is 2.32. The summed E-state index contributed by atoms with van der Waals surface area (Å²) in [6.07, 6.45) is 0. The van der Waals surface area contributed by atoms with Gasteiger partial charge in [-0.2, -0.15) is 4.31 Å². The van der Waals surface area contributed by atoms with Gasteiger partial charge in [0.2, 0.25) is 10.0 Å². The van der Waals surface area contributed by atoms with Crippen molar-refractivity contribution in [3.05, 3.63) is 50.8 Å². The van der Waals surface area contributed by atoms with Crippen LogP contribution in [0.5, 0.6) is 0 Å². The summed E-state index contributed by atoms with van der Waals surface area (Å²) in [5.41, 5.74) is 3.78. The summed E-state index contributed by atoms with van der Waals surface area (Å²) in [6, 6.07) is 7.77. The number of fused-ring (bicyclic) bond motifs is 1. The average Bonchev–Trinajstić information content (AvgIpc) is 3.24. The molecule has 0 unspecified atom stereocenters. The van der Waals surface area contributed by atoms with Crippen LogP contribution in [0.25, 0.3) is 10.9 Å². The van der Waals surface area contributed by atoms with E-state index >= 15 is 0 Å². The number of piperazine rings is 1. The lowest BCUT2D eigenvalue weighted by Gasteiger charge is -2.33. The highest BCUT2D eigenvalue weighted by molar-refractivity contribution is 7.89. The molecule has 1 aliphatic rings. The quantitative estimate of drug-likeness (QED) is 0.688. The van der Waals surface area contributed by atoms with Crippen molar-refractivity contribution >= 4 is 38.2 Å². The summed E-state index contributed by atoms with van der Waals surface area (Å²) in [5, 5.41) is 1.04. The number of carbonyl (C=O) groups excluding carboxylic acids is 1. The van der Waals surface area contributed by atoms with Crippen LogP contribution in [0.3, 0.4) is 0 Å². The zero-order chi connectivity index (χ0) is 20.9. The van der Waals surface area contributed by atoms with E-state index in [2.05, 4.69) is 11.1 Å². The van der Waals surface area contributed by atoms with Crippen LogP contribution in [-0.4, -0.2) is 54.7 Å². The van der Waals surface area contributed by atoms with E-state index in [4.69, 9.17) is 0 Å². The van der Waals surface area contributed by atoms with E-state index < -0.39 is 10.0 Å². The molecule has 154 valence electrons. The number of rotatable bonds is 3. The summed E-state index contributed by atoms with van der Waals surface area (Å²) in [7, 11) is -3.52. The topological polar surface area (TPSA) is 73.5 Å². The van der Waals surface area contributed by atoms with Gasteiger partial charge < -0.3 is 9.88 Å². The van der Waals surface area contributed by atoms with E-state index in [1.807, 2.05) is 39.8 Å². The third-order valence-corrected chi connectivity index (χ3v) is 8.58. The second kappa shape index (κ2) is 7.27. The first kappa shape index (κ1) is 20.1. The summed E-state index contributed by atoms with van der Waals surface area (Å²) in [4.78, 5) is 20.1. The van der Waals surface area contributed by atoms with Crippen LogP contribution in [0.4, 0.5) is 0 Å². The van der Waals surface area contributed by atoms with Crippen molar-refractivity contribution in [3.8, 4) is 0 Å². The van der Waals surface area contributed by atoms with E-state index in [1.54, 1.807) is 11.0 Å². The standard InChI is InChI=1S/C21H25N3O3S2/c1-13-9-14(2)17-12-19(22-18(17)10-13)21(25)23-5-7-24(8-6-23)29(26,27)20-11-15(3)28-16(20)4/h9-12,22H,5-8H2,1-4H3. The van der Waals surface area contributed by atoms with Gasteiger partial charge in [-0.3, -0.25) is 4.79 Å². The van der Waals surface area contributed by atoms with Gasteiger partial charge in [-0.25, -0.2) is 8.42 Å². The van der Waals surface area contributed by atoms with Crippen LogP contribution in [-0.2, 0) is 10.0 Å². The Kier molecular flexibility index (Phi) is 5.04. The third kappa shape index (κ3) is 3.60. The molecule has 4 rings (SSSR count). The van der Waals surface area contributed by atoms with Crippen LogP contribution in [0.2, 0.25) is 0 Å². The first-order valence-electron chi connectivity index (χ1n) is 9.63. The van der Waals surface area contributed by atoms with Gasteiger partial charge in [-0.05, 0) is 57.0 Å². The smallest absolute Gasteiger partial charge is 0.270 e. The Bertz CT molecular complexity index is 1200. The number of sulfonamides is 1. The molecule has 1 amide bonds. The largest absolute Gasteiger partial charge is 0.351 e. The SMILES string of the molecule is Cc1cc(C)c2cc(C(=O)N3CCN(S(=O)(=O)c4cc(C)sc4C)CC3)[nH]c2c1. The number of H-pyrrole nitrogens is 1. The molecule has 1 N–H and O–H groups in total. The molecule has 3 aromatic rings. The van der Waals surface area contributed by atoms with Crippen LogP contribution in [0, 0.1) is 27.7 Å². The number of aromatic amines is 1. The molecule has 2 aromatic heterocycles. The molecular formula is C21H25N3O3S2. The number of nitrogens with one attached hydrogen (secondary N) is 1. The number of aryl methyl sites for hydroxylation is 4. The molecule has 0 bridgehead atoms. The Balaban J connectivity index is 1.50. The molecule has 1 fully saturated rings. The molecule has 1 aliphatic heterocycles. The zero-order valence-electron chi connectivity index (χ0n) is 17.1. The minimum atomic E-state index is -3.52. The molecular weight excluding hydrogens is 406 g/mol. The lowest BCUT2D eigenvalue weighted by Crippen LogP contribution is -2.50. The number of hydrogen-bond acceptors (Lipinski definition) is 4. The highest BCUT2D eigenvalue weighted by Crippen LogP contribution is 2.28. The molecule has 0 aliphatic carbocycles. The fourth-order valence-corrected chi connectivity index (χ4v) is 6.96. The van der Waals surface area contributed by atoms with Crippen molar-refractivity contribution in [2.24, 2.45) is 0 Å². The predicted octanol–water partition coefficient (Wildman–Crippen LogP) is 3.61. The highest BCUT2D eigenvalue weighted by atomic mass is 32.2. The van der Waals surface area contributed by atoms with E-state index in [0.29, 0.717) is 36.8 Å². The van der Waals surface area contributed by atoms with E-state index in [0.717, 1.165) is 31.8 Å². The van der Waals surface area contributed by atoms with Crippen LogP contribution in [0.1, 0.15) is 31.4 Å². The van der Waals surface area contributed by atoms with E-state index in [-0.39, 0.29) is 5.91 Å².